The first kappa shape index (κ1) is 15.9. The molecule has 0 bridgehead atoms. The maximum atomic E-state index is 13.3. The van der Waals surface area contributed by atoms with E-state index in [0.29, 0.717) is 17.0 Å². The van der Waals surface area contributed by atoms with Gasteiger partial charge < -0.3 is 14.6 Å². The van der Waals surface area contributed by atoms with E-state index >= 15 is 0 Å². The molecule has 1 heterocycles. The van der Waals surface area contributed by atoms with Gasteiger partial charge in [-0.2, -0.15) is 0 Å². The molecule has 3 N–H and O–H groups in total. The van der Waals surface area contributed by atoms with Crippen LogP contribution in [0.15, 0.2) is 47.5 Å². The molecule has 0 fully saturated rings. The lowest BCUT2D eigenvalue weighted by atomic mass is 10.0. The summed E-state index contributed by atoms with van der Waals surface area (Å²) in [5.41, 5.74) is 2.23. The van der Waals surface area contributed by atoms with Gasteiger partial charge in [-0.05, 0) is 36.2 Å². The third kappa shape index (κ3) is 3.34. The highest BCUT2D eigenvalue weighted by molar-refractivity contribution is 7.89. The van der Waals surface area contributed by atoms with Crippen LogP contribution in [0.25, 0.3) is 22.0 Å². The standard InChI is InChI=1S/C17H17FN2O2S/c1-2-5-20-23(22)14-7-11(6-13(21)9-14)16-10-19-17-8-12(18)3-4-15(16)17/h3-4,6-10,19-21H,2,5H2,1H3. The Kier molecular flexibility index (Phi) is 4.56. The zero-order chi connectivity index (χ0) is 16.4. The second-order valence-corrected chi connectivity index (χ2v) is 6.57. The molecular formula is C17H17FN2O2S. The summed E-state index contributed by atoms with van der Waals surface area (Å²) in [5.74, 6) is -0.270. The van der Waals surface area contributed by atoms with Gasteiger partial charge in [-0.15, -0.1) is 4.72 Å². The first-order chi connectivity index (χ1) is 11.1. The minimum absolute atomic E-state index is 0.0422. The first-order valence-electron chi connectivity index (χ1n) is 7.35. The number of aromatic hydroxyl groups is 1. The molecule has 2 aromatic carbocycles. The Balaban J connectivity index is 2.03. The summed E-state index contributed by atoms with van der Waals surface area (Å²) in [5, 5.41) is 10.8. The number of hydrogen-bond acceptors (Lipinski definition) is 3. The summed E-state index contributed by atoms with van der Waals surface area (Å²) in [6.45, 7) is 2.62. The number of aromatic nitrogens is 1. The van der Waals surface area contributed by atoms with Gasteiger partial charge in [0.25, 0.3) is 0 Å². The lowest BCUT2D eigenvalue weighted by molar-refractivity contribution is 0.473. The second-order valence-electron chi connectivity index (χ2n) is 5.27. The van der Waals surface area contributed by atoms with Crippen molar-refractivity contribution in [1.29, 1.82) is 0 Å². The molecule has 3 rings (SSSR count). The number of H-pyrrole nitrogens is 1. The third-order valence-electron chi connectivity index (χ3n) is 3.54. The number of rotatable bonds is 5. The number of hydrogen-bond donors (Lipinski definition) is 3. The molecule has 0 saturated heterocycles. The van der Waals surface area contributed by atoms with Gasteiger partial charge in [-0.1, -0.05) is 6.92 Å². The normalized spacial score (nSPS) is 12.7. The van der Waals surface area contributed by atoms with Crippen LogP contribution >= 0.6 is 0 Å². The van der Waals surface area contributed by atoms with Gasteiger partial charge in [0.2, 0.25) is 0 Å². The lowest BCUT2D eigenvalue weighted by Crippen LogP contribution is -2.24. The van der Waals surface area contributed by atoms with Crippen LogP contribution in [-0.2, 0) is 11.4 Å². The lowest BCUT2D eigenvalue weighted by Gasteiger charge is -2.11. The topological polar surface area (TPSA) is 71.1 Å². The van der Waals surface area contributed by atoms with Gasteiger partial charge in [0.15, 0.2) is 4.90 Å². The van der Waals surface area contributed by atoms with Crippen LogP contribution < -0.4 is 4.72 Å². The highest BCUT2D eigenvalue weighted by Gasteiger charge is 2.16. The number of benzene rings is 2. The zero-order valence-electron chi connectivity index (χ0n) is 12.6. The van der Waals surface area contributed by atoms with Crippen molar-refractivity contribution in [2.24, 2.45) is 0 Å². The Morgan fingerprint density at radius 2 is 2.09 bits per heavy atom. The van der Waals surface area contributed by atoms with Crippen LogP contribution in [0.3, 0.4) is 0 Å². The van der Waals surface area contributed by atoms with E-state index in [1.807, 2.05) is 6.92 Å². The van der Waals surface area contributed by atoms with E-state index in [1.165, 1.54) is 18.2 Å². The number of phenols is 1. The van der Waals surface area contributed by atoms with E-state index < -0.39 is 11.4 Å². The van der Waals surface area contributed by atoms with Gasteiger partial charge in [0, 0.05) is 41.3 Å². The third-order valence-corrected chi connectivity index (χ3v) is 4.67. The van der Waals surface area contributed by atoms with Crippen LogP contribution in [-0.4, -0.2) is 21.2 Å². The largest absolute Gasteiger partial charge is 0.593 e. The molecule has 0 spiro atoms. The maximum absolute atomic E-state index is 13.3. The molecule has 0 saturated carbocycles. The van der Waals surface area contributed by atoms with Crippen molar-refractivity contribution in [1.82, 2.24) is 9.71 Å². The Bertz CT molecular complexity index is 835. The summed E-state index contributed by atoms with van der Waals surface area (Å²) in [6, 6.07) is 9.36. The van der Waals surface area contributed by atoms with E-state index in [-0.39, 0.29) is 11.6 Å². The highest BCUT2D eigenvalue weighted by Crippen LogP contribution is 2.33. The van der Waals surface area contributed by atoms with E-state index in [9.17, 15) is 14.0 Å². The van der Waals surface area contributed by atoms with Gasteiger partial charge in [0.05, 0.1) is 11.4 Å². The molecule has 0 amide bonds. The number of halogens is 1. The molecule has 1 atom stereocenters. The molecule has 1 unspecified atom stereocenters. The van der Waals surface area contributed by atoms with Crippen LogP contribution in [0.2, 0.25) is 0 Å². The molecular weight excluding hydrogens is 315 g/mol. The van der Waals surface area contributed by atoms with Crippen LogP contribution in [0.1, 0.15) is 13.3 Å². The number of phenolic OH excluding ortho intramolecular Hbond substituents is 1. The quantitative estimate of drug-likeness (QED) is 0.624. The fraction of sp³-hybridized carbons (Fsp3) is 0.176. The Morgan fingerprint density at radius 3 is 2.87 bits per heavy atom. The van der Waals surface area contributed by atoms with Crippen molar-refractivity contribution >= 4 is 22.3 Å². The molecule has 6 heteroatoms. The zero-order valence-corrected chi connectivity index (χ0v) is 13.4. The van der Waals surface area contributed by atoms with Crippen molar-refractivity contribution in [2.75, 3.05) is 6.54 Å². The Morgan fingerprint density at radius 1 is 1.26 bits per heavy atom. The molecule has 120 valence electrons. The smallest absolute Gasteiger partial charge is 0.178 e. The fourth-order valence-electron chi connectivity index (χ4n) is 2.46. The van der Waals surface area contributed by atoms with Crippen molar-refractivity contribution in [3.05, 3.63) is 48.4 Å². The summed E-state index contributed by atoms with van der Waals surface area (Å²) in [7, 11) is 0. The van der Waals surface area contributed by atoms with E-state index in [0.717, 1.165) is 22.9 Å². The summed E-state index contributed by atoms with van der Waals surface area (Å²) in [4.78, 5) is 3.52. The summed E-state index contributed by atoms with van der Waals surface area (Å²) >= 11 is -1.38. The number of nitrogens with one attached hydrogen (secondary N) is 2. The van der Waals surface area contributed by atoms with Gasteiger partial charge >= 0.3 is 0 Å². The molecule has 23 heavy (non-hydrogen) atoms. The predicted octanol–water partition coefficient (Wildman–Crippen LogP) is 3.70. The van der Waals surface area contributed by atoms with Gasteiger partial charge in [-0.3, -0.25) is 0 Å². The minimum atomic E-state index is -1.38. The number of fused-ring (bicyclic) bond motifs is 1. The van der Waals surface area contributed by atoms with Crippen molar-refractivity contribution in [3.63, 3.8) is 0 Å². The Hall–Kier alpha value is -2.02. The van der Waals surface area contributed by atoms with E-state index in [1.54, 1.807) is 24.4 Å². The second kappa shape index (κ2) is 6.62. The molecule has 0 aliphatic carbocycles. The predicted molar refractivity (Wildman–Crippen MR) is 90.1 cm³/mol. The molecule has 4 nitrogen and oxygen atoms in total. The monoisotopic (exact) mass is 332 g/mol. The fourth-order valence-corrected chi connectivity index (χ4v) is 3.48. The molecule has 0 radical (unpaired) electrons. The molecule has 3 aromatic rings. The molecule has 0 aliphatic heterocycles. The summed E-state index contributed by atoms with van der Waals surface area (Å²) in [6.07, 6.45) is 2.62. The van der Waals surface area contributed by atoms with Crippen LogP contribution in [0.4, 0.5) is 4.39 Å². The molecule has 0 aliphatic rings. The average molecular weight is 332 g/mol. The van der Waals surface area contributed by atoms with Gasteiger partial charge in [0.1, 0.15) is 11.6 Å². The van der Waals surface area contributed by atoms with Crippen molar-refractivity contribution in [3.8, 4) is 16.9 Å². The first-order valence-corrected chi connectivity index (χ1v) is 8.50. The van der Waals surface area contributed by atoms with E-state index in [4.69, 9.17) is 0 Å². The SMILES string of the molecule is CCCN[S+]([O-])c1cc(O)cc(-c2c[nH]c3cc(F)ccc23)c1. The molecule has 1 aromatic heterocycles. The summed E-state index contributed by atoms with van der Waals surface area (Å²) < 4.78 is 28.4. The van der Waals surface area contributed by atoms with Crippen LogP contribution in [0.5, 0.6) is 5.75 Å². The highest BCUT2D eigenvalue weighted by atomic mass is 32.2. The van der Waals surface area contributed by atoms with E-state index in [2.05, 4.69) is 9.71 Å². The average Bonchev–Trinajstić information content (AvgIpc) is 2.94. The Labute approximate surface area is 136 Å². The van der Waals surface area contributed by atoms with Crippen molar-refractivity contribution < 1.29 is 14.0 Å². The van der Waals surface area contributed by atoms with Crippen molar-refractivity contribution in [2.45, 2.75) is 18.2 Å². The van der Waals surface area contributed by atoms with Gasteiger partial charge in [-0.25, -0.2) is 4.39 Å². The van der Waals surface area contributed by atoms with Crippen LogP contribution in [0, 0.1) is 5.82 Å². The number of aromatic amines is 1. The minimum Gasteiger partial charge on any atom is -0.593 e. The maximum Gasteiger partial charge on any atom is 0.178 e.